The number of nitrogens with zero attached hydrogens (tertiary/aromatic N) is 2. The summed E-state index contributed by atoms with van der Waals surface area (Å²) in [6.45, 7) is 15.7. The van der Waals surface area contributed by atoms with Crippen LogP contribution in [0.25, 0.3) is 0 Å². The molecule has 0 radical (unpaired) electrons. The summed E-state index contributed by atoms with van der Waals surface area (Å²) in [5.74, 6) is 0.906. The summed E-state index contributed by atoms with van der Waals surface area (Å²) >= 11 is 3.58. The SMILES string of the molecule is Cc1cc(OCCN2CCN(C(=O)OC(C)(C)C)[C@H](C)C2)cc(C)c1Br. The van der Waals surface area contributed by atoms with Crippen LogP contribution in [0, 0.1) is 13.8 Å². The van der Waals surface area contributed by atoms with Crippen molar-refractivity contribution in [2.45, 2.75) is 53.2 Å². The number of benzene rings is 1. The third kappa shape index (κ3) is 5.88. The lowest BCUT2D eigenvalue weighted by Gasteiger charge is -2.40. The van der Waals surface area contributed by atoms with Crippen molar-refractivity contribution in [2.75, 3.05) is 32.8 Å². The highest BCUT2D eigenvalue weighted by molar-refractivity contribution is 9.10. The molecule has 1 aliphatic heterocycles. The summed E-state index contributed by atoms with van der Waals surface area (Å²) in [6.07, 6.45) is -0.221. The molecule has 1 saturated heterocycles. The van der Waals surface area contributed by atoms with Gasteiger partial charge in [0.15, 0.2) is 0 Å². The minimum atomic E-state index is -0.456. The molecule has 1 fully saturated rings. The van der Waals surface area contributed by atoms with Gasteiger partial charge in [-0.15, -0.1) is 0 Å². The van der Waals surface area contributed by atoms with Crippen LogP contribution in [0.1, 0.15) is 38.8 Å². The van der Waals surface area contributed by atoms with Crippen molar-refractivity contribution in [1.82, 2.24) is 9.80 Å². The summed E-state index contributed by atoms with van der Waals surface area (Å²) < 4.78 is 12.6. The van der Waals surface area contributed by atoms with Crippen LogP contribution in [0.15, 0.2) is 16.6 Å². The van der Waals surface area contributed by atoms with Crippen LogP contribution in [0.5, 0.6) is 5.75 Å². The van der Waals surface area contributed by atoms with E-state index in [4.69, 9.17) is 9.47 Å². The maximum Gasteiger partial charge on any atom is 0.410 e. The molecule has 0 aliphatic carbocycles. The Morgan fingerprint density at radius 2 is 1.85 bits per heavy atom. The minimum Gasteiger partial charge on any atom is -0.492 e. The average molecular weight is 427 g/mol. The number of ether oxygens (including phenoxy) is 2. The fourth-order valence-corrected chi connectivity index (χ4v) is 3.34. The first-order chi connectivity index (χ1) is 12.1. The smallest absolute Gasteiger partial charge is 0.410 e. The summed E-state index contributed by atoms with van der Waals surface area (Å²) in [5.41, 5.74) is 1.90. The van der Waals surface area contributed by atoms with E-state index < -0.39 is 5.60 Å². The molecule has 1 aromatic rings. The van der Waals surface area contributed by atoms with Gasteiger partial charge in [-0.05, 0) is 64.8 Å². The number of amides is 1. The van der Waals surface area contributed by atoms with E-state index in [1.165, 1.54) is 11.1 Å². The van der Waals surface area contributed by atoms with Crippen LogP contribution in [0.3, 0.4) is 0 Å². The van der Waals surface area contributed by atoms with Crippen molar-refractivity contribution in [2.24, 2.45) is 0 Å². The van der Waals surface area contributed by atoms with E-state index in [0.717, 1.165) is 29.9 Å². The van der Waals surface area contributed by atoms with Gasteiger partial charge in [0.25, 0.3) is 0 Å². The molecule has 1 aromatic carbocycles. The molecule has 0 N–H and O–H groups in total. The summed E-state index contributed by atoms with van der Waals surface area (Å²) in [5, 5.41) is 0. The lowest BCUT2D eigenvalue weighted by molar-refractivity contribution is 0.000362. The third-order valence-corrected chi connectivity index (χ3v) is 5.68. The first kappa shape index (κ1) is 21.0. The number of rotatable bonds is 4. The monoisotopic (exact) mass is 426 g/mol. The summed E-state index contributed by atoms with van der Waals surface area (Å²) in [7, 11) is 0. The molecule has 1 heterocycles. The zero-order valence-corrected chi connectivity index (χ0v) is 18.4. The molecule has 1 aliphatic rings. The van der Waals surface area contributed by atoms with E-state index >= 15 is 0 Å². The highest BCUT2D eigenvalue weighted by Crippen LogP contribution is 2.26. The maximum absolute atomic E-state index is 12.3. The number of piperazine rings is 1. The lowest BCUT2D eigenvalue weighted by Crippen LogP contribution is -2.55. The average Bonchev–Trinajstić information content (AvgIpc) is 2.50. The standard InChI is InChI=1S/C20H31BrN2O3/c1-14-11-17(12-15(2)18(14)21)25-10-9-22-7-8-23(16(3)13-22)19(24)26-20(4,5)6/h11-12,16H,7-10,13H2,1-6H3/t16-/m1/s1. The molecule has 6 heteroatoms. The summed E-state index contributed by atoms with van der Waals surface area (Å²) in [6, 6.07) is 4.25. The maximum atomic E-state index is 12.3. The second kappa shape index (κ2) is 8.61. The Bertz CT molecular complexity index is 619. The van der Waals surface area contributed by atoms with Crippen molar-refractivity contribution in [3.8, 4) is 5.75 Å². The Morgan fingerprint density at radius 3 is 2.38 bits per heavy atom. The fraction of sp³-hybridized carbons (Fsp3) is 0.650. The second-order valence-corrected chi connectivity index (χ2v) is 8.84. The van der Waals surface area contributed by atoms with Gasteiger partial charge in [0.05, 0.1) is 0 Å². The Balaban J connectivity index is 1.80. The van der Waals surface area contributed by atoms with Crippen LogP contribution >= 0.6 is 15.9 Å². The number of carbonyl (C=O) groups is 1. The fourth-order valence-electron chi connectivity index (χ4n) is 3.11. The van der Waals surface area contributed by atoms with Crippen LogP contribution in [0.2, 0.25) is 0 Å². The molecule has 1 amide bonds. The molecule has 0 unspecified atom stereocenters. The van der Waals surface area contributed by atoms with Gasteiger partial charge in [0.2, 0.25) is 0 Å². The van der Waals surface area contributed by atoms with Crippen LogP contribution in [-0.4, -0.2) is 60.3 Å². The predicted molar refractivity (Wildman–Crippen MR) is 108 cm³/mol. The Kier molecular flexibility index (Phi) is 6.97. The zero-order valence-electron chi connectivity index (χ0n) is 16.8. The number of aryl methyl sites for hydroxylation is 2. The first-order valence-electron chi connectivity index (χ1n) is 9.18. The molecule has 26 heavy (non-hydrogen) atoms. The molecule has 0 aromatic heterocycles. The van der Waals surface area contributed by atoms with Gasteiger partial charge in [-0.1, -0.05) is 15.9 Å². The van der Waals surface area contributed by atoms with Crippen LogP contribution < -0.4 is 4.74 Å². The van der Waals surface area contributed by atoms with Crippen molar-refractivity contribution in [1.29, 1.82) is 0 Å². The molecule has 0 spiro atoms. The highest BCUT2D eigenvalue weighted by atomic mass is 79.9. The second-order valence-electron chi connectivity index (χ2n) is 8.04. The van der Waals surface area contributed by atoms with E-state index in [-0.39, 0.29) is 12.1 Å². The Morgan fingerprint density at radius 1 is 1.23 bits per heavy atom. The third-order valence-electron chi connectivity index (χ3n) is 4.43. The normalized spacial score (nSPS) is 18.7. The molecule has 1 atom stereocenters. The van der Waals surface area contributed by atoms with E-state index in [1.807, 2.05) is 25.7 Å². The van der Waals surface area contributed by atoms with E-state index in [2.05, 4.69) is 53.7 Å². The van der Waals surface area contributed by atoms with E-state index in [9.17, 15) is 4.79 Å². The molecule has 5 nitrogen and oxygen atoms in total. The van der Waals surface area contributed by atoms with Gasteiger partial charge in [0, 0.05) is 36.7 Å². The van der Waals surface area contributed by atoms with E-state index in [0.29, 0.717) is 13.2 Å². The highest BCUT2D eigenvalue weighted by Gasteiger charge is 2.30. The predicted octanol–water partition coefficient (Wildman–Crippen LogP) is 4.39. The summed E-state index contributed by atoms with van der Waals surface area (Å²) in [4.78, 5) is 16.4. The molecular weight excluding hydrogens is 396 g/mol. The molecule has 0 saturated carbocycles. The number of carbonyl (C=O) groups excluding carboxylic acids is 1. The largest absolute Gasteiger partial charge is 0.492 e. The van der Waals surface area contributed by atoms with Crippen molar-refractivity contribution >= 4 is 22.0 Å². The van der Waals surface area contributed by atoms with Crippen molar-refractivity contribution < 1.29 is 14.3 Å². The molecule has 2 rings (SSSR count). The number of hydrogen-bond donors (Lipinski definition) is 0. The van der Waals surface area contributed by atoms with Gasteiger partial charge in [-0.3, -0.25) is 4.90 Å². The van der Waals surface area contributed by atoms with Crippen molar-refractivity contribution in [3.05, 3.63) is 27.7 Å². The molecule has 0 bridgehead atoms. The van der Waals surface area contributed by atoms with Gasteiger partial charge in [0.1, 0.15) is 18.0 Å². The van der Waals surface area contributed by atoms with Gasteiger partial charge in [-0.2, -0.15) is 0 Å². The number of halogens is 1. The van der Waals surface area contributed by atoms with Gasteiger partial charge < -0.3 is 14.4 Å². The van der Waals surface area contributed by atoms with Gasteiger partial charge in [-0.25, -0.2) is 4.79 Å². The molecular formula is C20H31BrN2O3. The molecule has 146 valence electrons. The lowest BCUT2D eigenvalue weighted by atomic mass is 10.1. The topological polar surface area (TPSA) is 42.0 Å². The minimum absolute atomic E-state index is 0.135. The van der Waals surface area contributed by atoms with Crippen LogP contribution in [-0.2, 0) is 4.74 Å². The quantitative estimate of drug-likeness (QED) is 0.715. The Hall–Kier alpha value is -1.27. The van der Waals surface area contributed by atoms with E-state index in [1.54, 1.807) is 0 Å². The van der Waals surface area contributed by atoms with Gasteiger partial charge >= 0.3 is 6.09 Å². The number of hydrogen-bond acceptors (Lipinski definition) is 4. The Labute approximate surface area is 165 Å². The van der Waals surface area contributed by atoms with Crippen LogP contribution in [0.4, 0.5) is 4.79 Å². The first-order valence-corrected chi connectivity index (χ1v) is 9.97. The van der Waals surface area contributed by atoms with Crippen molar-refractivity contribution in [3.63, 3.8) is 0 Å². The zero-order chi connectivity index (χ0) is 19.5.